The molecule has 0 fully saturated rings. The Bertz CT molecular complexity index is 1310. The molecule has 0 aliphatic rings. The highest BCUT2D eigenvalue weighted by atomic mass is 19.4. The summed E-state index contributed by atoms with van der Waals surface area (Å²) >= 11 is 0. The number of pyridine rings is 1. The molecule has 1 atom stereocenters. The number of amides is 2. The minimum Gasteiger partial charge on any atom is -0.475 e. The molecule has 2 amide bonds. The van der Waals surface area contributed by atoms with Crippen molar-refractivity contribution in [1.29, 1.82) is 0 Å². The molecule has 2 aromatic heterocycles. The molecule has 2 heterocycles. The second-order valence-electron chi connectivity index (χ2n) is 8.33. The number of halogens is 3. The molecule has 0 saturated carbocycles. The van der Waals surface area contributed by atoms with E-state index in [9.17, 15) is 27.6 Å². The third kappa shape index (κ3) is 9.31. The molecule has 3 rings (SSSR count). The Hall–Kier alpha value is -4.59. The van der Waals surface area contributed by atoms with E-state index in [-0.39, 0.29) is 12.0 Å². The lowest BCUT2D eigenvalue weighted by Crippen LogP contribution is -2.47. The molecule has 0 radical (unpaired) electrons. The zero-order valence-electron chi connectivity index (χ0n) is 21.8. The van der Waals surface area contributed by atoms with Gasteiger partial charge in [-0.3, -0.25) is 19.3 Å². The van der Waals surface area contributed by atoms with Crippen LogP contribution in [0.15, 0.2) is 60.9 Å². The topological polar surface area (TPSA) is 161 Å². The Morgan fingerprint density at radius 3 is 2.23 bits per heavy atom. The predicted octanol–water partition coefficient (Wildman–Crippen LogP) is 2.14. The van der Waals surface area contributed by atoms with Crippen LogP contribution < -0.4 is 11.1 Å². The van der Waals surface area contributed by atoms with E-state index in [0.29, 0.717) is 12.4 Å². The lowest BCUT2D eigenvalue weighted by atomic mass is 10.0. The number of rotatable bonds is 11. The average molecular weight is 563 g/mol. The number of hydrogen-bond acceptors (Lipinski definition) is 7. The fraction of sp³-hybridized carbons (Fsp3) is 0.308. The highest BCUT2D eigenvalue weighted by Gasteiger charge is 2.38. The maximum atomic E-state index is 13.1. The summed E-state index contributed by atoms with van der Waals surface area (Å²) in [5, 5.41) is 14.3. The summed E-state index contributed by atoms with van der Waals surface area (Å²) in [7, 11) is 0. The van der Waals surface area contributed by atoms with Gasteiger partial charge in [0.15, 0.2) is 5.82 Å². The van der Waals surface area contributed by atoms with Gasteiger partial charge < -0.3 is 16.2 Å². The number of ketones is 1. The van der Waals surface area contributed by atoms with Crippen molar-refractivity contribution in [2.75, 3.05) is 13.1 Å². The minimum absolute atomic E-state index is 0.139. The number of nitrogens with one attached hydrogen (secondary N) is 1. The summed E-state index contributed by atoms with van der Waals surface area (Å²) in [5.74, 6) is -4.94. The first-order chi connectivity index (χ1) is 18.9. The molecular weight excluding hydrogens is 533 g/mol. The maximum Gasteiger partial charge on any atom is 0.490 e. The molecule has 11 nitrogen and oxygen atoms in total. The van der Waals surface area contributed by atoms with E-state index >= 15 is 0 Å². The van der Waals surface area contributed by atoms with Crippen LogP contribution >= 0.6 is 0 Å². The molecule has 1 aromatic carbocycles. The van der Waals surface area contributed by atoms with Gasteiger partial charge in [0.05, 0.1) is 11.3 Å². The molecule has 0 saturated heterocycles. The molecule has 0 bridgehead atoms. The summed E-state index contributed by atoms with van der Waals surface area (Å²) in [6, 6.07) is 13.1. The van der Waals surface area contributed by atoms with Crippen LogP contribution in [0.3, 0.4) is 0 Å². The predicted molar refractivity (Wildman–Crippen MR) is 137 cm³/mol. The van der Waals surface area contributed by atoms with Crippen molar-refractivity contribution < 1.29 is 37.5 Å². The number of aromatic nitrogens is 3. The number of alkyl halides is 3. The van der Waals surface area contributed by atoms with E-state index in [1.54, 1.807) is 24.5 Å². The van der Waals surface area contributed by atoms with Gasteiger partial charge >= 0.3 is 12.1 Å². The normalized spacial score (nSPS) is 11.8. The largest absolute Gasteiger partial charge is 0.490 e. The van der Waals surface area contributed by atoms with Crippen LogP contribution in [-0.2, 0) is 27.3 Å². The monoisotopic (exact) mass is 562 g/mol. The third-order valence-electron chi connectivity index (χ3n) is 5.56. The number of carboxylic acids is 1. The van der Waals surface area contributed by atoms with Crippen molar-refractivity contribution in [2.24, 2.45) is 5.73 Å². The van der Waals surface area contributed by atoms with E-state index in [1.165, 1.54) is 4.68 Å². The van der Waals surface area contributed by atoms with Gasteiger partial charge in [-0.1, -0.05) is 44.2 Å². The number of carboxylic acid groups (broad SMARTS) is 1. The molecule has 14 heteroatoms. The zero-order valence-corrected chi connectivity index (χ0v) is 21.8. The fourth-order valence-corrected chi connectivity index (χ4v) is 3.46. The smallest absolute Gasteiger partial charge is 0.475 e. The second kappa shape index (κ2) is 14.5. The van der Waals surface area contributed by atoms with Gasteiger partial charge in [-0.05, 0) is 36.9 Å². The Labute approximate surface area is 227 Å². The van der Waals surface area contributed by atoms with Crippen LogP contribution in [0.1, 0.15) is 35.5 Å². The molecule has 1 unspecified atom stereocenters. The van der Waals surface area contributed by atoms with Crippen molar-refractivity contribution >= 4 is 23.6 Å². The van der Waals surface area contributed by atoms with Crippen LogP contribution in [0.2, 0.25) is 0 Å². The van der Waals surface area contributed by atoms with Gasteiger partial charge in [0.25, 0.3) is 11.8 Å². The number of benzene rings is 1. The van der Waals surface area contributed by atoms with Crippen LogP contribution in [0.4, 0.5) is 13.2 Å². The van der Waals surface area contributed by atoms with Crippen LogP contribution in [0.25, 0.3) is 5.82 Å². The molecule has 214 valence electrons. The molecule has 0 aliphatic heterocycles. The van der Waals surface area contributed by atoms with Gasteiger partial charge in [-0.15, -0.1) is 0 Å². The number of carbonyl (C=O) groups excluding carboxylic acids is 3. The first kappa shape index (κ1) is 31.6. The van der Waals surface area contributed by atoms with Gasteiger partial charge in [0, 0.05) is 25.4 Å². The van der Waals surface area contributed by atoms with Gasteiger partial charge in [0.1, 0.15) is 6.04 Å². The standard InChI is InChI=1S/C24H28N6O3.C2HF3O2/c1-3-29(4-2)16-18-12-14-30(28-18)23-19(11-8-13-26-23)24(33)27-20(21(31)22(25)32)15-17-9-6-5-7-10-17;3-2(4,5)1(6)7/h5-14,20H,3-4,15-16H2,1-2H3,(H2,25,32)(H,27,33);(H,6,7). The Morgan fingerprint density at radius 2 is 1.68 bits per heavy atom. The van der Waals surface area contributed by atoms with Crippen molar-refractivity contribution in [2.45, 2.75) is 39.0 Å². The van der Waals surface area contributed by atoms with E-state index in [0.717, 1.165) is 24.3 Å². The lowest BCUT2D eigenvalue weighted by molar-refractivity contribution is -0.192. The number of aliphatic carboxylic acids is 1. The molecule has 3 aromatic rings. The Kier molecular flexibility index (Phi) is 11.5. The number of hydrogen-bond donors (Lipinski definition) is 3. The first-order valence-corrected chi connectivity index (χ1v) is 12.1. The van der Waals surface area contributed by atoms with Crippen LogP contribution in [0, 0.1) is 0 Å². The fourth-order valence-electron chi connectivity index (χ4n) is 3.46. The highest BCUT2D eigenvalue weighted by Crippen LogP contribution is 2.14. The molecular formula is C26H29F3N6O5. The summed E-state index contributed by atoms with van der Waals surface area (Å²) < 4.78 is 33.3. The first-order valence-electron chi connectivity index (χ1n) is 12.1. The van der Waals surface area contributed by atoms with Crippen molar-refractivity contribution in [3.63, 3.8) is 0 Å². The van der Waals surface area contributed by atoms with Gasteiger partial charge in [-0.25, -0.2) is 14.5 Å². The Balaban J connectivity index is 0.000000708. The molecule has 4 N–H and O–H groups in total. The SMILES string of the molecule is CCN(CC)Cc1ccn(-c2ncccc2C(=O)NC(Cc2ccccc2)C(=O)C(N)=O)n1.O=C(O)C(F)(F)F. The van der Waals surface area contributed by atoms with Crippen molar-refractivity contribution in [3.8, 4) is 5.82 Å². The van der Waals surface area contributed by atoms with E-state index in [1.807, 2.05) is 36.4 Å². The minimum atomic E-state index is -5.08. The molecule has 0 aliphatic carbocycles. The quantitative estimate of drug-likeness (QED) is 0.300. The number of primary amides is 1. The number of Topliss-reactive ketones (excluding diaryl/α,β-unsaturated/α-hetero) is 1. The van der Waals surface area contributed by atoms with Crippen molar-refractivity contribution in [3.05, 3.63) is 77.7 Å². The average Bonchev–Trinajstić information content (AvgIpc) is 3.39. The summed E-state index contributed by atoms with van der Waals surface area (Å²) in [6.07, 6.45) is -1.64. The van der Waals surface area contributed by atoms with E-state index in [4.69, 9.17) is 15.6 Å². The second-order valence-corrected chi connectivity index (χ2v) is 8.33. The molecule has 0 spiro atoms. The highest BCUT2D eigenvalue weighted by molar-refractivity contribution is 6.38. The molecule has 40 heavy (non-hydrogen) atoms. The summed E-state index contributed by atoms with van der Waals surface area (Å²) in [4.78, 5) is 52.6. The van der Waals surface area contributed by atoms with Crippen molar-refractivity contribution in [1.82, 2.24) is 25.0 Å². The van der Waals surface area contributed by atoms with Crippen LogP contribution in [-0.4, -0.2) is 73.6 Å². The lowest BCUT2D eigenvalue weighted by Gasteiger charge is -2.17. The van der Waals surface area contributed by atoms with Gasteiger partial charge in [0.2, 0.25) is 5.78 Å². The third-order valence-corrected chi connectivity index (χ3v) is 5.56. The number of carbonyl (C=O) groups is 4. The number of nitrogens with two attached hydrogens (primary N) is 1. The Morgan fingerprint density at radius 1 is 1.05 bits per heavy atom. The van der Waals surface area contributed by atoms with Crippen LogP contribution in [0.5, 0.6) is 0 Å². The maximum absolute atomic E-state index is 13.1. The zero-order chi connectivity index (χ0) is 29.9. The van der Waals surface area contributed by atoms with Gasteiger partial charge in [-0.2, -0.15) is 18.3 Å². The van der Waals surface area contributed by atoms with E-state index in [2.05, 4.69) is 34.1 Å². The summed E-state index contributed by atoms with van der Waals surface area (Å²) in [6.45, 7) is 6.65. The van der Waals surface area contributed by atoms with E-state index < -0.39 is 35.8 Å². The summed E-state index contributed by atoms with van der Waals surface area (Å²) in [5.41, 5.74) is 7.09. The number of nitrogens with zero attached hydrogens (tertiary/aromatic N) is 4.